The minimum Gasteiger partial charge on any atom is -0.485 e. The molecule has 0 amide bonds. The minimum atomic E-state index is 0.0538. The van der Waals surface area contributed by atoms with Gasteiger partial charge in [0.1, 0.15) is 0 Å². The molecule has 0 atom stereocenters. The van der Waals surface area contributed by atoms with Crippen LogP contribution in [-0.2, 0) is 0 Å². The van der Waals surface area contributed by atoms with Crippen LogP contribution in [0.5, 0.6) is 5.75 Å². The summed E-state index contributed by atoms with van der Waals surface area (Å²) in [7, 11) is 0. The van der Waals surface area contributed by atoms with Gasteiger partial charge < -0.3 is 9.58 Å². The molecule has 4 heteroatoms. The molecule has 0 aliphatic rings. The van der Waals surface area contributed by atoms with E-state index in [1.54, 1.807) is 12.1 Å². The van der Waals surface area contributed by atoms with Gasteiger partial charge in [0.05, 0.1) is 6.10 Å². The Morgan fingerprint density at radius 3 is 2.69 bits per heavy atom. The Hall–Kier alpha value is -1.27. The van der Waals surface area contributed by atoms with Crippen LogP contribution in [0, 0.1) is 6.57 Å². The monoisotopic (exact) mass is 196 g/mol. The zero-order valence-corrected chi connectivity index (χ0v) is 8.17. The Morgan fingerprint density at radius 2 is 2.23 bits per heavy atom. The lowest BCUT2D eigenvalue weighted by molar-refractivity contribution is 0.242. The summed E-state index contributed by atoms with van der Waals surface area (Å²) in [5.41, 5.74) is 0. The van der Waals surface area contributed by atoms with Gasteiger partial charge in [0.15, 0.2) is 5.75 Å². The fourth-order valence-electron chi connectivity index (χ4n) is 0.816. The van der Waals surface area contributed by atoms with Crippen LogP contribution in [0.4, 0.5) is 5.82 Å². The van der Waals surface area contributed by atoms with Gasteiger partial charge in [-0.2, -0.15) is 0 Å². The van der Waals surface area contributed by atoms with E-state index in [2.05, 4.69) is 9.83 Å². The number of hydrogen-bond donors (Lipinski definition) is 0. The lowest BCUT2D eigenvalue weighted by atomic mass is 10.4. The number of halogens is 1. The predicted octanol–water partition coefficient (Wildman–Crippen LogP) is 3.07. The lowest BCUT2D eigenvalue weighted by Gasteiger charge is -2.08. The van der Waals surface area contributed by atoms with E-state index in [9.17, 15) is 0 Å². The second-order valence-electron chi connectivity index (χ2n) is 2.74. The molecule has 13 heavy (non-hydrogen) atoms. The van der Waals surface area contributed by atoms with Crippen molar-refractivity contribution >= 4 is 17.4 Å². The summed E-state index contributed by atoms with van der Waals surface area (Å²) in [6, 6.07) is 3.24. The van der Waals surface area contributed by atoms with Gasteiger partial charge in [0.25, 0.3) is 11.0 Å². The van der Waals surface area contributed by atoms with E-state index < -0.39 is 0 Å². The molecule has 1 heterocycles. The molecule has 0 aromatic carbocycles. The molecule has 0 saturated heterocycles. The van der Waals surface area contributed by atoms with Gasteiger partial charge in [0, 0.05) is 0 Å². The van der Waals surface area contributed by atoms with Gasteiger partial charge in [-0.1, -0.05) is 6.57 Å². The van der Waals surface area contributed by atoms with E-state index in [-0.39, 0.29) is 17.1 Å². The van der Waals surface area contributed by atoms with Crippen molar-refractivity contribution in [2.75, 3.05) is 0 Å². The second kappa shape index (κ2) is 4.11. The normalized spacial score (nSPS) is 9.77. The van der Waals surface area contributed by atoms with Crippen LogP contribution in [0.15, 0.2) is 12.1 Å². The van der Waals surface area contributed by atoms with E-state index in [1.807, 2.05) is 13.8 Å². The smallest absolute Gasteiger partial charge is 0.271 e. The molecule has 0 aliphatic heterocycles. The zero-order valence-electron chi connectivity index (χ0n) is 7.41. The summed E-state index contributed by atoms with van der Waals surface area (Å²) in [4.78, 5) is 6.98. The van der Waals surface area contributed by atoms with Crippen molar-refractivity contribution in [1.29, 1.82) is 0 Å². The predicted molar refractivity (Wildman–Crippen MR) is 51.3 cm³/mol. The maximum Gasteiger partial charge on any atom is 0.271 e. The molecule has 1 aromatic heterocycles. The maximum absolute atomic E-state index is 6.72. The molecule has 0 fully saturated rings. The Labute approximate surface area is 82.1 Å². The maximum atomic E-state index is 6.72. The van der Waals surface area contributed by atoms with Crippen molar-refractivity contribution in [2.45, 2.75) is 20.0 Å². The molecule has 0 radical (unpaired) electrons. The first kappa shape index (κ1) is 9.82. The fraction of sp³-hybridized carbons (Fsp3) is 0.333. The van der Waals surface area contributed by atoms with Gasteiger partial charge in [-0.05, 0) is 37.6 Å². The number of pyridine rings is 1. The summed E-state index contributed by atoms with van der Waals surface area (Å²) in [5, 5.41) is 0.238. The Bertz CT molecular complexity index is 344. The lowest BCUT2D eigenvalue weighted by Crippen LogP contribution is -2.06. The van der Waals surface area contributed by atoms with Gasteiger partial charge in [-0.15, -0.1) is 4.98 Å². The number of hydrogen-bond acceptors (Lipinski definition) is 2. The highest BCUT2D eigenvalue weighted by atomic mass is 35.5. The molecule has 0 aliphatic carbocycles. The summed E-state index contributed by atoms with van der Waals surface area (Å²) in [5.74, 6) is 0.796. The second-order valence-corrected chi connectivity index (χ2v) is 3.09. The van der Waals surface area contributed by atoms with Crippen molar-refractivity contribution in [3.63, 3.8) is 0 Å². The summed E-state index contributed by atoms with van der Waals surface area (Å²) >= 11 is 5.77. The number of nitrogens with zero attached hydrogens (tertiary/aromatic N) is 2. The molecule has 0 saturated carbocycles. The summed E-state index contributed by atoms with van der Waals surface area (Å²) in [6.07, 6.45) is 0.0538. The van der Waals surface area contributed by atoms with Crippen LogP contribution < -0.4 is 4.74 Å². The number of ether oxygens (including phenoxy) is 1. The van der Waals surface area contributed by atoms with E-state index in [0.717, 1.165) is 0 Å². The van der Waals surface area contributed by atoms with Crippen molar-refractivity contribution in [3.05, 3.63) is 28.7 Å². The molecule has 3 nitrogen and oxygen atoms in total. The molecule has 0 N–H and O–H groups in total. The third kappa shape index (κ3) is 2.60. The molecule has 0 bridgehead atoms. The van der Waals surface area contributed by atoms with Crippen LogP contribution in [0.3, 0.4) is 0 Å². The fourth-order valence-corrected chi connectivity index (χ4v) is 1.01. The molecular weight excluding hydrogens is 188 g/mol. The minimum absolute atomic E-state index is 0.0538. The Kier molecular flexibility index (Phi) is 3.10. The van der Waals surface area contributed by atoms with Gasteiger partial charge in [0.2, 0.25) is 0 Å². The van der Waals surface area contributed by atoms with Crippen LogP contribution in [0.25, 0.3) is 4.85 Å². The Morgan fingerprint density at radius 1 is 1.54 bits per heavy atom. The van der Waals surface area contributed by atoms with Crippen molar-refractivity contribution in [2.24, 2.45) is 0 Å². The van der Waals surface area contributed by atoms with Crippen molar-refractivity contribution in [3.8, 4) is 5.75 Å². The molecule has 0 spiro atoms. The highest BCUT2D eigenvalue weighted by Crippen LogP contribution is 2.25. The third-order valence-electron chi connectivity index (χ3n) is 1.28. The van der Waals surface area contributed by atoms with Gasteiger partial charge in [-0.25, -0.2) is 0 Å². The van der Waals surface area contributed by atoms with Crippen LogP contribution in [0.1, 0.15) is 13.8 Å². The van der Waals surface area contributed by atoms with Crippen LogP contribution in [-0.4, -0.2) is 11.1 Å². The van der Waals surface area contributed by atoms with Crippen LogP contribution in [0.2, 0.25) is 5.15 Å². The summed E-state index contributed by atoms with van der Waals surface area (Å²) < 4.78 is 5.35. The van der Waals surface area contributed by atoms with Crippen molar-refractivity contribution in [1.82, 2.24) is 4.98 Å². The molecule has 0 unspecified atom stereocenters. The molecule has 68 valence electrons. The first-order chi connectivity index (χ1) is 6.13. The van der Waals surface area contributed by atoms with Gasteiger partial charge in [-0.3, -0.25) is 0 Å². The van der Waals surface area contributed by atoms with E-state index in [1.165, 1.54) is 0 Å². The topological polar surface area (TPSA) is 26.5 Å². The van der Waals surface area contributed by atoms with Gasteiger partial charge >= 0.3 is 0 Å². The first-order valence-corrected chi connectivity index (χ1v) is 4.22. The number of aromatic nitrogens is 1. The van der Waals surface area contributed by atoms with E-state index in [0.29, 0.717) is 5.75 Å². The largest absolute Gasteiger partial charge is 0.485 e. The molecule has 1 rings (SSSR count). The third-order valence-corrected chi connectivity index (χ3v) is 1.55. The average molecular weight is 197 g/mol. The zero-order chi connectivity index (χ0) is 9.84. The van der Waals surface area contributed by atoms with E-state index >= 15 is 0 Å². The standard InChI is InChI=1S/C9H9ClN2O/c1-6(2)13-7-4-5-8(11-3)12-9(7)10/h4-6H,1-2H3. The molecular formula is C9H9ClN2O. The van der Waals surface area contributed by atoms with Crippen molar-refractivity contribution < 1.29 is 4.74 Å². The van der Waals surface area contributed by atoms with Crippen LogP contribution >= 0.6 is 11.6 Å². The SMILES string of the molecule is [C-]#[N+]c1ccc(OC(C)C)c(Cl)n1. The first-order valence-electron chi connectivity index (χ1n) is 3.84. The summed E-state index contributed by atoms with van der Waals surface area (Å²) in [6.45, 7) is 10.5. The van der Waals surface area contributed by atoms with E-state index in [4.69, 9.17) is 22.9 Å². The average Bonchev–Trinajstić information content (AvgIpc) is 2.08. The quantitative estimate of drug-likeness (QED) is 0.537. The highest BCUT2D eigenvalue weighted by molar-refractivity contribution is 6.30. The number of rotatable bonds is 2. The Balaban J connectivity index is 2.93. The molecule has 1 aromatic rings. The highest BCUT2D eigenvalue weighted by Gasteiger charge is 2.08.